The summed E-state index contributed by atoms with van der Waals surface area (Å²) >= 11 is 5.06. The number of carbonyl (C=O) groups is 2. The summed E-state index contributed by atoms with van der Waals surface area (Å²) in [6.07, 6.45) is 2.71. The second-order valence-corrected chi connectivity index (χ2v) is 13.3. The third-order valence-electron chi connectivity index (χ3n) is 7.56. The lowest BCUT2D eigenvalue weighted by atomic mass is 9.72. The fourth-order valence-corrected chi connectivity index (χ4v) is 6.93. The van der Waals surface area contributed by atoms with E-state index in [1.165, 1.54) is 16.2 Å². The zero-order chi connectivity index (χ0) is 27.9. The summed E-state index contributed by atoms with van der Waals surface area (Å²) in [4.78, 5) is 33.1. The Labute approximate surface area is 242 Å². The number of rotatable bonds is 5. The number of aromatic nitrogens is 1. The van der Waals surface area contributed by atoms with Gasteiger partial charge in [-0.3, -0.25) is 4.79 Å². The zero-order valence-electron chi connectivity index (χ0n) is 23.0. The van der Waals surface area contributed by atoms with Gasteiger partial charge in [0.05, 0.1) is 28.9 Å². The van der Waals surface area contributed by atoms with Gasteiger partial charge in [-0.25, -0.2) is 9.78 Å². The predicted molar refractivity (Wildman–Crippen MR) is 163 cm³/mol. The number of nitrogens with one attached hydrogen (secondary N) is 1. The van der Waals surface area contributed by atoms with Crippen molar-refractivity contribution in [3.05, 3.63) is 80.1 Å². The van der Waals surface area contributed by atoms with Crippen molar-refractivity contribution in [1.82, 2.24) is 4.98 Å². The maximum absolute atomic E-state index is 13.9. The van der Waals surface area contributed by atoms with Crippen LogP contribution in [0.1, 0.15) is 70.8 Å². The first-order valence-corrected chi connectivity index (χ1v) is 15.0. The fraction of sp³-hybridized carbons (Fsp3) is 0.344. The number of ether oxygens (including phenoxy) is 1. The largest absolute Gasteiger partial charge is 0.462 e. The second-order valence-electron chi connectivity index (χ2n) is 11.3. The molecule has 0 aliphatic heterocycles. The molecule has 0 radical (unpaired) electrons. The highest BCUT2D eigenvalue weighted by molar-refractivity contribution is 9.10. The molecule has 2 heterocycles. The van der Waals surface area contributed by atoms with Crippen molar-refractivity contribution in [3.63, 3.8) is 0 Å². The van der Waals surface area contributed by atoms with Crippen molar-refractivity contribution in [3.8, 4) is 11.3 Å². The monoisotopic (exact) mass is 604 g/mol. The van der Waals surface area contributed by atoms with E-state index >= 15 is 0 Å². The normalized spacial score (nSPS) is 15.2. The lowest BCUT2D eigenvalue weighted by Crippen LogP contribution is -2.26. The number of anilines is 1. The molecule has 5 rings (SSSR count). The highest BCUT2D eigenvalue weighted by Crippen LogP contribution is 2.44. The van der Waals surface area contributed by atoms with Crippen LogP contribution in [0.4, 0.5) is 5.00 Å². The van der Waals surface area contributed by atoms with E-state index in [0.29, 0.717) is 22.0 Å². The van der Waals surface area contributed by atoms with Gasteiger partial charge >= 0.3 is 5.97 Å². The Kier molecular flexibility index (Phi) is 7.66. The topological polar surface area (TPSA) is 68.3 Å². The molecule has 2 aromatic carbocycles. The Morgan fingerprint density at radius 3 is 2.56 bits per heavy atom. The number of nitrogens with zero attached hydrogens (tertiary/aromatic N) is 1. The molecule has 0 spiro atoms. The van der Waals surface area contributed by atoms with Crippen LogP contribution in [-0.4, -0.2) is 23.5 Å². The van der Waals surface area contributed by atoms with Crippen LogP contribution in [-0.2, 0) is 17.6 Å². The molecule has 5 nitrogen and oxygen atoms in total. The van der Waals surface area contributed by atoms with E-state index in [0.717, 1.165) is 57.0 Å². The van der Waals surface area contributed by atoms with Gasteiger partial charge in [-0.2, -0.15) is 0 Å². The van der Waals surface area contributed by atoms with E-state index in [9.17, 15) is 9.59 Å². The van der Waals surface area contributed by atoms with Crippen molar-refractivity contribution in [2.75, 3.05) is 11.9 Å². The molecule has 39 heavy (non-hydrogen) atoms. The molecular weight excluding hydrogens is 572 g/mol. The second kappa shape index (κ2) is 10.9. The molecule has 1 atom stereocenters. The molecule has 1 N–H and O–H groups in total. The molecule has 1 aliphatic carbocycles. The van der Waals surface area contributed by atoms with Gasteiger partial charge in [0.2, 0.25) is 0 Å². The number of pyridine rings is 1. The van der Waals surface area contributed by atoms with Gasteiger partial charge in [0.15, 0.2) is 0 Å². The van der Waals surface area contributed by atoms with Gasteiger partial charge in [-0.05, 0) is 74.3 Å². The van der Waals surface area contributed by atoms with E-state index in [1.807, 2.05) is 55.5 Å². The first kappa shape index (κ1) is 27.5. The highest BCUT2D eigenvalue weighted by Gasteiger charge is 2.34. The quantitative estimate of drug-likeness (QED) is 0.231. The number of esters is 1. The zero-order valence-corrected chi connectivity index (χ0v) is 25.4. The average Bonchev–Trinajstić information content (AvgIpc) is 3.25. The number of hydrogen-bond donors (Lipinski definition) is 1. The Hall–Kier alpha value is -3.03. The Morgan fingerprint density at radius 2 is 1.87 bits per heavy atom. The summed E-state index contributed by atoms with van der Waals surface area (Å²) in [5.41, 5.74) is 5.75. The molecule has 1 amide bonds. The van der Waals surface area contributed by atoms with Crippen molar-refractivity contribution in [2.45, 2.75) is 53.9 Å². The molecule has 2 aromatic heterocycles. The molecule has 0 saturated carbocycles. The van der Waals surface area contributed by atoms with Gasteiger partial charge in [-0.1, -0.05) is 66.5 Å². The van der Waals surface area contributed by atoms with Gasteiger partial charge in [0.25, 0.3) is 5.91 Å². The maximum Gasteiger partial charge on any atom is 0.341 e. The van der Waals surface area contributed by atoms with E-state index in [-0.39, 0.29) is 23.9 Å². The van der Waals surface area contributed by atoms with Crippen LogP contribution in [0.15, 0.2) is 53.0 Å². The molecule has 202 valence electrons. The SMILES string of the molecule is CCOC(=O)c1c(NC(=O)c2cc(-c3ccc(C)cc3)nc3ccc(Br)cc23)sc2c1CCC(C(C)(C)C)C2. The van der Waals surface area contributed by atoms with Crippen LogP contribution in [0.3, 0.4) is 0 Å². The molecule has 1 unspecified atom stereocenters. The summed E-state index contributed by atoms with van der Waals surface area (Å²) in [5.74, 6) is -0.131. The van der Waals surface area contributed by atoms with Crippen LogP contribution in [0.5, 0.6) is 0 Å². The van der Waals surface area contributed by atoms with E-state index in [2.05, 4.69) is 42.0 Å². The van der Waals surface area contributed by atoms with Gasteiger partial charge in [0, 0.05) is 20.3 Å². The molecule has 0 bridgehead atoms. The average molecular weight is 606 g/mol. The molecule has 0 fully saturated rings. The Bertz CT molecular complexity index is 1570. The Balaban J connectivity index is 1.58. The number of carbonyl (C=O) groups excluding carboxylic acids is 2. The molecule has 7 heteroatoms. The number of fused-ring (bicyclic) bond motifs is 2. The smallest absolute Gasteiger partial charge is 0.341 e. The summed E-state index contributed by atoms with van der Waals surface area (Å²) < 4.78 is 6.31. The number of amides is 1. The van der Waals surface area contributed by atoms with Crippen LogP contribution in [0.25, 0.3) is 22.2 Å². The number of benzene rings is 2. The van der Waals surface area contributed by atoms with E-state index in [1.54, 1.807) is 6.92 Å². The van der Waals surface area contributed by atoms with Crippen LogP contribution in [0.2, 0.25) is 0 Å². The minimum absolute atomic E-state index is 0.172. The lowest BCUT2D eigenvalue weighted by Gasteiger charge is -2.33. The van der Waals surface area contributed by atoms with Crippen LogP contribution in [0, 0.1) is 18.3 Å². The molecule has 1 aliphatic rings. The van der Waals surface area contributed by atoms with E-state index in [4.69, 9.17) is 9.72 Å². The third-order valence-corrected chi connectivity index (χ3v) is 9.22. The third kappa shape index (κ3) is 5.66. The van der Waals surface area contributed by atoms with Crippen molar-refractivity contribution >= 4 is 55.0 Å². The molecule has 0 saturated heterocycles. The minimum Gasteiger partial charge on any atom is -0.462 e. The minimum atomic E-state index is -0.373. The summed E-state index contributed by atoms with van der Waals surface area (Å²) in [6, 6.07) is 15.7. The summed E-state index contributed by atoms with van der Waals surface area (Å²) in [7, 11) is 0. The first-order valence-electron chi connectivity index (χ1n) is 13.4. The van der Waals surface area contributed by atoms with Gasteiger partial charge in [-0.15, -0.1) is 11.3 Å². The molecular formula is C32H33BrN2O3S. The van der Waals surface area contributed by atoms with E-state index < -0.39 is 0 Å². The lowest BCUT2D eigenvalue weighted by molar-refractivity contribution is 0.0526. The predicted octanol–water partition coefficient (Wildman–Crippen LogP) is 8.61. The maximum atomic E-state index is 13.9. The Morgan fingerprint density at radius 1 is 1.13 bits per heavy atom. The first-order chi connectivity index (χ1) is 18.5. The summed E-state index contributed by atoms with van der Waals surface area (Å²) in [6.45, 7) is 10.9. The number of thiophene rings is 1. The standard InChI is InChI=1S/C32H33BrN2O3S/c1-6-38-31(37)28-22-13-11-20(32(3,4)5)15-27(22)39-30(28)35-29(36)24-17-26(19-9-7-18(2)8-10-19)34-25-14-12-21(33)16-23(24)25/h7-10,12,14,16-17,20H,6,11,13,15H2,1-5H3,(H,35,36). The van der Waals surface area contributed by atoms with Gasteiger partial charge in [0.1, 0.15) is 5.00 Å². The van der Waals surface area contributed by atoms with Crippen LogP contribution >= 0.6 is 27.3 Å². The van der Waals surface area contributed by atoms with Crippen molar-refractivity contribution in [2.24, 2.45) is 11.3 Å². The number of hydrogen-bond acceptors (Lipinski definition) is 5. The number of halogens is 1. The summed E-state index contributed by atoms with van der Waals surface area (Å²) in [5, 5.41) is 4.42. The number of aryl methyl sites for hydroxylation is 1. The highest BCUT2D eigenvalue weighted by atomic mass is 79.9. The molecule has 4 aromatic rings. The van der Waals surface area contributed by atoms with Crippen LogP contribution < -0.4 is 5.32 Å². The fourth-order valence-electron chi connectivity index (χ4n) is 5.26. The van der Waals surface area contributed by atoms with Crippen molar-refractivity contribution in [1.29, 1.82) is 0 Å². The van der Waals surface area contributed by atoms with Crippen molar-refractivity contribution < 1.29 is 14.3 Å². The van der Waals surface area contributed by atoms with Gasteiger partial charge < -0.3 is 10.1 Å².